The molecule has 94 valence electrons. The summed E-state index contributed by atoms with van der Waals surface area (Å²) in [5.41, 5.74) is 0. The summed E-state index contributed by atoms with van der Waals surface area (Å²) in [6, 6.07) is -0.956. The minimum absolute atomic E-state index is 0.215. The maximum absolute atomic E-state index is 13.3. The van der Waals surface area contributed by atoms with Crippen molar-refractivity contribution in [3.05, 3.63) is 0 Å². The molecule has 0 amide bonds. The van der Waals surface area contributed by atoms with Gasteiger partial charge in [0.2, 0.25) is 6.30 Å². The topological polar surface area (TPSA) is 40.5 Å². The Labute approximate surface area is 92.2 Å². The quantitative estimate of drug-likeness (QED) is 0.767. The number of carboxylic acid groups (broad SMARTS) is 1. The standard InChI is InChI=1S/C10H16F3NO2/c1-5-3-7(10(15)16)4-6(2)14(5)9(13)8(11)12/h5-9H,3-4H2,1-2H3,(H,15,16). The van der Waals surface area contributed by atoms with Crippen LogP contribution in [0.25, 0.3) is 0 Å². The third kappa shape index (κ3) is 2.66. The first kappa shape index (κ1) is 13.3. The van der Waals surface area contributed by atoms with Gasteiger partial charge in [0.25, 0.3) is 6.43 Å². The molecule has 0 bridgehead atoms. The van der Waals surface area contributed by atoms with E-state index in [1.807, 2.05) is 0 Å². The fourth-order valence-electron chi connectivity index (χ4n) is 2.42. The van der Waals surface area contributed by atoms with Gasteiger partial charge in [-0.05, 0) is 26.7 Å². The van der Waals surface area contributed by atoms with Crippen LogP contribution < -0.4 is 0 Å². The van der Waals surface area contributed by atoms with Crippen molar-refractivity contribution in [2.75, 3.05) is 0 Å². The SMILES string of the molecule is CC1CC(C(=O)O)CC(C)N1C(F)C(F)F. The molecule has 1 aliphatic rings. The molecule has 16 heavy (non-hydrogen) atoms. The number of aliphatic carboxylic acids is 1. The second-order valence-electron chi connectivity index (χ2n) is 4.36. The summed E-state index contributed by atoms with van der Waals surface area (Å²) in [6.07, 6.45) is -4.93. The molecule has 1 aliphatic heterocycles. The van der Waals surface area contributed by atoms with Crippen molar-refractivity contribution in [3.63, 3.8) is 0 Å². The molecule has 0 aliphatic carbocycles. The summed E-state index contributed by atoms with van der Waals surface area (Å²) >= 11 is 0. The van der Waals surface area contributed by atoms with E-state index in [1.165, 1.54) is 0 Å². The molecule has 3 unspecified atom stereocenters. The molecule has 1 heterocycles. The van der Waals surface area contributed by atoms with Crippen LogP contribution in [0.4, 0.5) is 13.2 Å². The third-order valence-electron chi connectivity index (χ3n) is 3.11. The largest absolute Gasteiger partial charge is 0.481 e. The Hall–Kier alpha value is -0.780. The molecule has 0 aromatic heterocycles. The van der Waals surface area contributed by atoms with E-state index in [-0.39, 0.29) is 12.8 Å². The van der Waals surface area contributed by atoms with Gasteiger partial charge in [-0.25, -0.2) is 13.2 Å². The zero-order chi connectivity index (χ0) is 12.5. The van der Waals surface area contributed by atoms with Gasteiger partial charge in [-0.2, -0.15) is 0 Å². The van der Waals surface area contributed by atoms with Crippen molar-refractivity contribution in [2.45, 2.75) is 51.5 Å². The van der Waals surface area contributed by atoms with Gasteiger partial charge in [-0.3, -0.25) is 9.69 Å². The van der Waals surface area contributed by atoms with E-state index in [4.69, 9.17) is 5.11 Å². The van der Waals surface area contributed by atoms with E-state index in [0.29, 0.717) is 0 Å². The number of hydrogen-bond acceptors (Lipinski definition) is 2. The van der Waals surface area contributed by atoms with E-state index in [1.54, 1.807) is 13.8 Å². The number of hydrogen-bond donors (Lipinski definition) is 1. The molecule has 1 N–H and O–H groups in total. The lowest BCUT2D eigenvalue weighted by molar-refractivity contribution is -0.149. The minimum Gasteiger partial charge on any atom is -0.481 e. The summed E-state index contributed by atoms with van der Waals surface area (Å²) in [6.45, 7) is 3.17. The van der Waals surface area contributed by atoms with Gasteiger partial charge in [0.05, 0.1) is 5.92 Å². The molecule has 1 rings (SSSR count). The Kier molecular flexibility index (Phi) is 4.18. The van der Waals surface area contributed by atoms with Crippen LogP contribution in [0.5, 0.6) is 0 Å². The molecule has 6 heteroatoms. The fraction of sp³-hybridized carbons (Fsp3) is 0.900. The Bertz CT molecular complexity index is 250. The fourth-order valence-corrected chi connectivity index (χ4v) is 2.42. The zero-order valence-corrected chi connectivity index (χ0v) is 9.24. The number of carbonyl (C=O) groups is 1. The van der Waals surface area contributed by atoms with Gasteiger partial charge in [0.15, 0.2) is 0 Å². The van der Waals surface area contributed by atoms with Crippen LogP contribution >= 0.6 is 0 Å². The number of carboxylic acids is 1. The predicted octanol–water partition coefficient (Wildman–Crippen LogP) is 2.12. The molecule has 0 aromatic rings. The van der Waals surface area contributed by atoms with Crippen molar-refractivity contribution in [1.82, 2.24) is 4.90 Å². The number of alkyl halides is 3. The summed E-state index contributed by atoms with van der Waals surface area (Å²) in [5, 5.41) is 8.85. The van der Waals surface area contributed by atoms with Crippen LogP contribution in [0.1, 0.15) is 26.7 Å². The first-order valence-corrected chi connectivity index (χ1v) is 5.27. The van der Waals surface area contributed by atoms with Crippen LogP contribution in [0.3, 0.4) is 0 Å². The number of halogens is 3. The van der Waals surface area contributed by atoms with Crippen molar-refractivity contribution < 1.29 is 23.1 Å². The Morgan fingerprint density at radius 3 is 2.00 bits per heavy atom. The molecule has 3 atom stereocenters. The van der Waals surface area contributed by atoms with Gasteiger partial charge in [-0.15, -0.1) is 0 Å². The smallest absolute Gasteiger partial charge is 0.306 e. The molecule has 0 spiro atoms. The maximum atomic E-state index is 13.3. The lowest BCUT2D eigenvalue weighted by Crippen LogP contribution is -2.53. The first-order chi connectivity index (χ1) is 7.34. The average Bonchev–Trinajstić information content (AvgIpc) is 2.15. The highest BCUT2D eigenvalue weighted by molar-refractivity contribution is 5.70. The van der Waals surface area contributed by atoms with Gasteiger partial charge in [-0.1, -0.05) is 0 Å². The molecule has 3 nitrogen and oxygen atoms in total. The lowest BCUT2D eigenvalue weighted by Gasteiger charge is -2.42. The zero-order valence-electron chi connectivity index (χ0n) is 9.24. The second-order valence-corrected chi connectivity index (χ2v) is 4.36. The molecule has 0 aromatic carbocycles. The number of nitrogens with zero attached hydrogens (tertiary/aromatic N) is 1. The van der Waals surface area contributed by atoms with E-state index in [2.05, 4.69) is 0 Å². The Morgan fingerprint density at radius 2 is 1.69 bits per heavy atom. The molecule has 1 saturated heterocycles. The van der Waals surface area contributed by atoms with Crippen LogP contribution in [0.15, 0.2) is 0 Å². The molecular weight excluding hydrogens is 223 g/mol. The van der Waals surface area contributed by atoms with Gasteiger partial charge >= 0.3 is 5.97 Å². The molecule has 1 fully saturated rings. The van der Waals surface area contributed by atoms with Crippen LogP contribution in [-0.2, 0) is 4.79 Å². The van der Waals surface area contributed by atoms with E-state index in [9.17, 15) is 18.0 Å². The highest BCUT2D eigenvalue weighted by atomic mass is 19.3. The highest BCUT2D eigenvalue weighted by Gasteiger charge is 2.41. The van der Waals surface area contributed by atoms with Crippen LogP contribution in [-0.4, -0.2) is 40.8 Å². The monoisotopic (exact) mass is 239 g/mol. The Morgan fingerprint density at radius 1 is 1.25 bits per heavy atom. The van der Waals surface area contributed by atoms with E-state index >= 15 is 0 Å². The predicted molar refractivity (Wildman–Crippen MR) is 52.0 cm³/mol. The number of likely N-dealkylation sites (tertiary alicyclic amines) is 1. The maximum Gasteiger partial charge on any atom is 0.306 e. The minimum atomic E-state index is -3.05. The first-order valence-electron chi connectivity index (χ1n) is 5.27. The second kappa shape index (κ2) is 5.03. The molecular formula is C10H16F3NO2. The highest BCUT2D eigenvalue weighted by Crippen LogP contribution is 2.31. The molecule has 0 radical (unpaired) electrons. The van der Waals surface area contributed by atoms with Crippen molar-refractivity contribution in [3.8, 4) is 0 Å². The lowest BCUT2D eigenvalue weighted by atomic mass is 9.87. The van der Waals surface area contributed by atoms with Crippen molar-refractivity contribution in [1.29, 1.82) is 0 Å². The molecule has 0 saturated carbocycles. The van der Waals surface area contributed by atoms with E-state index < -0.39 is 36.7 Å². The van der Waals surface area contributed by atoms with Gasteiger partial charge < -0.3 is 5.11 Å². The Balaban J connectivity index is 2.72. The van der Waals surface area contributed by atoms with Gasteiger partial charge in [0.1, 0.15) is 0 Å². The summed E-state index contributed by atoms with van der Waals surface area (Å²) in [5.74, 6) is -1.50. The summed E-state index contributed by atoms with van der Waals surface area (Å²) in [4.78, 5) is 11.9. The van der Waals surface area contributed by atoms with E-state index in [0.717, 1.165) is 4.90 Å². The van der Waals surface area contributed by atoms with Crippen molar-refractivity contribution >= 4 is 5.97 Å². The number of piperidine rings is 1. The van der Waals surface area contributed by atoms with Crippen LogP contribution in [0, 0.1) is 5.92 Å². The summed E-state index contributed by atoms with van der Waals surface area (Å²) < 4.78 is 37.8. The summed E-state index contributed by atoms with van der Waals surface area (Å²) in [7, 11) is 0. The average molecular weight is 239 g/mol. The van der Waals surface area contributed by atoms with Gasteiger partial charge in [0, 0.05) is 12.1 Å². The van der Waals surface area contributed by atoms with Crippen molar-refractivity contribution in [2.24, 2.45) is 5.92 Å². The normalized spacial score (nSPS) is 34.0. The third-order valence-corrected chi connectivity index (χ3v) is 3.11. The number of rotatable bonds is 3. The van der Waals surface area contributed by atoms with Crippen LogP contribution in [0.2, 0.25) is 0 Å².